The van der Waals surface area contributed by atoms with E-state index >= 15 is 0 Å². The topological polar surface area (TPSA) is 38.3 Å². The zero-order chi connectivity index (χ0) is 19.2. The predicted octanol–water partition coefficient (Wildman–Crippen LogP) is 4.98. The summed E-state index contributed by atoms with van der Waals surface area (Å²) in [7, 11) is 0. The lowest BCUT2D eigenvalue weighted by molar-refractivity contribution is -0.127. The summed E-state index contributed by atoms with van der Waals surface area (Å²) in [6, 6.07) is 25.6. The number of carbonyl (C=O) groups excluding carboxylic acids is 1. The van der Waals surface area contributed by atoms with Crippen LogP contribution in [0.25, 0.3) is 0 Å². The second kappa shape index (κ2) is 8.54. The Balaban J connectivity index is 1.80. The molecule has 0 aliphatic heterocycles. The summed E-state index contributed by atoms with van der Waals surface area (Å²) in [5.74, 6) is 0.545. The van der Waals surface area contributed by atoms with Crippen molar-refractivity contribution in [1.29, 1.82) is 0 Å². The summed E-state index contributed by atoms with van der Waals surface area (Å²) in [6.45, 7) is 5.85. The van der Waals surface area contributed by atoms with Crippen LogP contribution in [0.4, 0.5) is 0 Å². The summed E-state index contributed by atoms with van der Waals surface area (Å²) in [5, 5.41) is 3.16. The summed E-state index contributed by atoms with van der Waals surface area (Å²) < 4.78 is 5.82. The SMILES string of the molecule is Cc1ccc(O[C@H](C)C(=O)N[C@@H](c2ccccc2)c2ccccc2C)cc1. The normalized spacial score (nSPS) is 12.9. The number of hydrogen-bond donors (Lipinski definition) is 1. The fraction of sp³-hybridized carbons (Fsp3) is 0.208. The van der Waals surface area contributed by atoms with Crippen molar-refractivity contribution in [3.05, 3.63) is 101 Å². The first-order valence-corrected chi connectivity index (χ1v) is 9.19. The average molecular weight is 359 g/mol. The van der Waals surface area contributed by atoms with Crippen molar-refractivity contribution in [1.82, 2.24) is 5.32 Å². The Morgan fingerprint density at radius 2 is 1.48 bits per heavy atom. The van der Waals surface area contributed by atoms with Crippen LogP contribution in [0.1, 0.15) is 35.2 Å². The first-order chi connectivity index (χ1) is 13.0. The van der Waals surface area contributed by atoms with Crippen LogP contribution < -0.4 is 10.1 Å². The van der Waals surface area contributed by atoms with Gasteiger partial charge in [-0.1, -0.05) is 72.3 Å². The minimum Gasteiger partial charge on any atom is -0.481 e. The third kappa shape index (κ3) is 4.76. The van der Waals surface area contributed by atoms with E-state index in [1.807, 2.05) is 73.7 Å². The van der Waals surface area contributed by atoms with Crippen LogP contribution in [0.5, 0.6) is 5.75 Å². The van der Waals surface area contributed by atoms with Crippen molar-refractivity contribution < 1.29 is 9.53 Å². The van der Waals surface area contributed by atoms with Crippen LogP contribution in [0.3, 0.4) is 0 Å². The number of aryl methyl sites for hydroxylation is 2. The molecule has 0 heterocycles. The van der Waals surface area contributed by atoms with Gasteiger partial charge in [0.1, 0.15) is 5.75 Å². The van der Waals surface area contributed by atoms with Crippen molar-refractivity contribution in [2.75, 3.05) is 0 Å². The molecule has 0 spiro atoms. The van der Waals surface area contributed by atoms with E-state index in [1.54, 1.807) is 6.92 Å². The molecule has 1 N–H and O–H groups in total. The Morgan fingerprint density at radius 3 is 2.15 bits per heavy atom. The van der Waals surface area contributed by atoms with E-state index in [1.165, 1.54) is 0 Å². The van der Waals surface area contributed by atoms with E-state index < -0.39 is 6.10 Å². The molecule has 3 nitrogen and oxygen atoms in total. The van der Waals surface area contributed by atoms with Gasteiger partial charge >= 0.3 is 0 Å². The van der Waals surface area contributed by atoms with Crippen molar-refractivity contribution >= 4 is 5.91 Å². The van der Waals surface area contributed by atoms with Gasteiger partial charge in [-0.05, 0) is 49.6 Å². The van der Waals surface area contributed by atoms with Crippen LogP contribution >= 0.6 is 0 Å². The molecule has 138 valence electrons. The molecule has 0 unspecified atom stereocenters. The molecule has 3 heteroatoms. The highest BCUT2D eigenvalue weighted by molar-refractivity contribution is 5.81. The molecular weight excluding hydrogens is 334 g/mol. The van der Waals surface area contributed by atoms with Crippen LogP contribution in [0.2, 0.25) is 0 Å². The highest BCUT2D eigenvalue weighted by Crippen LogP contribution is 2.25. The monoisotopic (exact) mass is 359 g/mol. The second-order valence-corrected chi connectivity index (χ2v) is 6.78. The first kappa shape index (κ1) is 18.7. The molecule has 0 aliphatic rings. The van der Waals surface area contributed by atoms with Crippen molar-refractivity contribution in [3.8, 4) is 5.75 Å². The molecule has 2 atom stereocenters. The zero-order valence-electron chi connectivity index (χ0n) is 16.0. The molecule has 0 saturated carbocycles. The quantitative estimate of drug-likeness (QED) is 0.674. The van der Waals surface area contributed by atoms with Crippen molar-refractivity contribution in [3.63, 3.8) is 0 Å². The van der Waals surface area contributed by atoms with E-state index in [4.69, 9.17) is 4.74 Å². The number of nitrogens with one attached hydrogen (secondary N) is 1. The Hall–Kier alpha value is -3.07. The third-order valence-corrected chi connectivity index (χ3v) is 4.62. The summed E-state index contributed by atoms with van der Waals surface area (Å²) in [5.41, 5.74) is 4.42. The fourth-order valence-corrected chi connectivity index (χ4v) is 3.03. The molecule has 0 bridgehead atoms. The smallest absolute Gasteiger partial charge is 0.261 e. The third-order valence-electron chi connectivity index (χ3n) is 4.62. The number of rotatable bonds is 6. The molecule has 3 rings (SSSR count). The Labute approximate surface area is 161 Å². The van der Waals surface area contributed by atoms with Crippen molar-refractivity contribution in [2.24, 2.45) is 0 Å². The van der Waals surface area contributed by atoms with Gasteiger partial charge in [-0.3, -0.25) is 4.79 Å². The molecule has 1 amide bonds. The first-order valence-electron chi connectivity index (χ1n) is 9.19. The molecule has 27 heavy (non-hydrogen) atoms. The fourth-order valence-electron chi connectivity index (χ4n) is 3.03. The van der Waals surface area contributed by atoms with Gasteiger partial charge in [0.2, 0.25) is 0 Å². The molecule has 0 radical (unpaired) electrons. The lowest BCUT2D eigenvalue weighted by Crippen LogP contribution is -2.39. The van der Waals surface area contributed by atoms with Gasteiger partial charge < -0.3 is 10.1 Å². The maximum absolute atomic E-state index is 12.8. The van der Waals surface area contributed by atoms with Gasteiger partial charge in [-0.25, -0.2) is 0 Å². The van der Waals surface area contributed by atoms with E-state index in [-0.39, 0.29) is 11.9 Å². The summed E-state index contributed by atoms with van der Waals surface area (Å²) in [4.78, 5) is 12.8. The number of ether oxygens (including phenoxy) is 1. The van der Waals surface area contributed by atoms with Gasteiger partial charge in [-0.2, -0.15) is 0 Å². The Morgan fingerprint density at radius 1 is 0.852 bits per heavy atom. The highest BCUT2D eigenvalue weighted by Gasteiger charge is 2.22. The maximum Gasteiger partial charge on any atom is 0.261 e. The number of hydrogen-bond acceptors (Lipinski definition) is 2. The van der Waals surface area contributed by atoms with Gasteiger partial charge in [0.15, 0.2) is 6.10 Å². The minimum absolute atomic E-state index is 0.146. The molecule has 3 aromatic carbocycles. The lowest BCUT2D eigenvalue weighted by Gasteiger charge is -2.24. The van der Waals surface area contributed by atoms with E-state index in [2.05, 4.69) is 24.4 Å². The second-order valence-electron chi connectivity index (χ2n) is 6.78. The van der Waals surface area contributed by atoms with Crippen molar-refractivity contribution in [2.45, 2.75) is 32.9 Å². The van der Waals surface area contributed by atoms with Crippen LogP contribution in [-0.4, -0.2) is 12.0 Å². The Bertz CT molecular complexity index is 888. The Kier molecular flexibility index (Phi) is 5.92. The van der Waals surface area contributed by atoms with E-state index in [0.717, 1.165) is 22.3 Å². The van der Waals surface area contributed by atoms with E-state index in [9.17, 15) is 4.79 Å². The lowest BCUT2D eigenvalue weighted by atomic mass is 9.95. The summed E-state index contributed by atoms with van der Waals surface area (Å²) >= 11 is 0. The number of carbonyl (C=O) groups is 1. The average Bonchev–Trinajstić information content (AvgIpc) is 2.69. The van der Waals surface area contributed by atoms with E-state index in [0.29, 0.717) is 5.75 Å². The molecule has 0 aromatic heterocycles. The van der Waals surface area contributed by atoms with Gasteiger partial charge in [0.25, 0.3) is 5.91 Å². The largest absolute Gasteiger partial charge is 0.481 e. The zero-order valence-corrected chi connectivity index (χ0v) is 16.0. The molecular formula is C24H25NO2. The van der Waals surface area contributed by atoms with Crippen LogP contribution in [-0.2, 0) is 4.79 Å². The van der Waals surface area contributed by atoms with Crippen LogP contribution in [0.15, 0.2) is 78.9 Å². The van der Waals surface area contributed by atoms with Crippen LogP contribution in [0, 0.1) is 13.8 Å². The highest BCUT2D eigenvalue weighted by atomic mass is 16.5. The van der Waals surface area contributed by atoms with Gasteiger partial charge in [0.05, 0.1) is 6.04 Å². The minimum atomic E-state index is -0.595. The summed E-state index contributed by atoms with van der Waals surface area (Å²) in [6.07, 6.45) is -0.595. The molecule has 0 fully saturated rings. The number of amides is 1. The van der Waals surface area contributed by atoms with Gasteiger partial charge in [0, 0.05) is 0 Å². The maximum atomic E-state index is 12.8. The standard InChI is InChI=1S/C24H25NO2/c1-17-13-15-21(16-14-17)27-19(3)24(26)25-23(20-10-5-4-6-11-20)22-12-8-7-9-18(22)2/h4-16,19,23H,1-3H3,(H,25,26)/t19-,23+/m1/s1. The predicted molar refractivity (Wildman–Crippen MR) is 109 cm³/mol. The molecule has 0 saturated heterocycles. The number of benzene rings is 3. The van der Waals surface area contributed by atoms with Gasteiger partial charge in [-0.15, -0.1) is 0 Å². The molecule has 0 aliphatic carbocycles. The molecule has 3 aromatic rings.